The van der Waals surface area contributed by atoms with Crippen LogP contribution >= 0.6 is 0 Å². The highest BCUT2D eigenvalue weighted by atomic mass is 19.1. The molecule has 0 aliphatic carbocycles. The Labute approximate surface area is 102 Å². The molecule has 1 aromatic heterocycles. The molecule has 0 fully saturated rings. The maximum Gasteiger partial charge on any atom is 0.224 e. The van der Waals surface area contributed by atoms with Crippen LogP contribution in [0.1, 0.15) is 33.6 Å². The molecular formula is C12H21FN4. The Morgan fingerprint density at radius 3 is 2.76 bits per heavy atom. The van der Waals surface area contributed by atoms with Crippen LogP contribution in [0.15, 0.2) is 6.20 Å². The monoisotopic (exact) mass is 240 g/mol. The van der Waals surface area contributed by atoms with Crippen LogP contribution in [0.3, 0.4) is 0 Å². The fourth-order valence-electron chi connectivity index (χ4n) is 1.67. The van der Waals surface area contributed by atoms with E-state index in [9.17, 15) is 4.39 Å². The number of hydrogen-bond donors (Lipinski definition) is 1. The minimum atomic E-state index is -0.378. The summed E-state index contributed by atoms with van der Waals surface area (Å²) in [6, 6.07) is 0.263. The average Bonchev–Trinajstić information content (AvgIpc) is 2.31. The molecule has 4 nitrogen and oxygen atoms in total. The minimum Gasteiger partial charge on any atom is -0.354 e. The molecule has 1 N–H and O–H groups in total. The Morgan fingerprint density at radius 1 is 1.47 bits per heavy atom. The van der Waals surface area contributed by atoms with E-state index in [2.05, 4.69) is 29.1 Å². The molecule has 1 rings (SSSR count). The van der Waals surface area contributed by atoms with Crippen LogP contribution in [0.5, 0.6) is 0 Å². The summed E-state index contributed by atoms with van der Waals surface area (Å²) in [5, 5.41) is 2.99. The first-order valence-corrected chi connectivity index (χ1v) is 6.09. The van der Waals surface area contributed by atoms with E-state index in [1.54, 1.807) is 0 Å². The number of anilines is 2. The summed E-state index contributed by atoms with van der Waals surface area (Å²) in [4.78, 5) is 9.95. The first-order chi connectivity index (χ1) is 8.10. The predicted molar refractivity (Wildman–Crippen MR) is 68.9 cm³/mol. The number of nitrogens with zero attached hydrogens (tertiary/aromatic N) is 3. The molecule has 1 unspecified atom stereocenters. The van der Waals surface area contributed by atoms with Gasteiger partial charge in [-0.3, -0.25) is 0 Å². The highest BCUT2D eigenvalue weighted by Gasteiger charge is 2.16. The number of hydrogen-bond acceptors (Lipinski definition) is 4. The molecule has 1 aromatic rings. The van der Waals surface area contributed by atoms with Gasteiger partial charge < -0.3 is 10.2 Å². The molecule has 0 saturated heterocycles. The Kier molecular flexibility index (Phi) is 5.12. The molecule has 0 spiro atoms. The van der Waals surface area contributed by atoms with E-state index in [0.29, 0.717) is 11.8 Å². The van der Waals surface area contributed by atoms with Gasteiger partial charge in [-0.15, -0.1) is 0 Å². The zero-order valence-electron chi connectivity index (χ0n) is 11.0. The van der Waals surface area contributed by atoms with E-state index in [0.717, 1.165) is 19.4 Å². The highest BCUT2D eigenvalue weighted by molar-refractivity contribution is 5.43. The van der Waals surface area contributed by atoms with Crippen LogP contribution in [0.2, 0.25) is 0 Å². The first-order valence-electron chi connectivity index (χ1n) is 6.09. The lowest BCUT2D eigenvalue weighted by Gasteiger charge is -2.26. The highest BCUT2D eigenvalue weighted by Crippen LogP contribution is 2.19. The molecule has 5 heteroatoms. The van der Waals surface area contributed by atoms with Gasteiger partial charge >= 0.3 is 0 Å². The maximum absolute atomic E-state index is 13.7. The third kappa shape index (κ3) is 3.54. The lowest BCUT2D eigenvalue weighted by molar-refractivity contribution is 0.570. The largest absolute Gasteiger partial charge is 0.354 e. The lowest BCUT2D eigenvalue weighted by Crippen LogP contribution is -2.30. The van der Waals surface area contributed by atoms with Gasteiger partial charge in [0, 0.05) is 19.6 Å². The summed E-state index contributed by atoms with van der Waals surface area (Å²) in [5.41, 5.74) is 0. The van der Waals surface area contributed by atoms with Gasteiger partial charge in [-0.1, -0.05) is 13.3 Å². The number of halogens is 1. The van der Waals surface area contributed by atoms with E-state index < -0.39 is 0 Å². The minimum absolute atomic E-state index is 0.263. The summed E-state index contributed by atoms with van der Waals surface area (Å²) in [7, 11) is 1.86. The van der Waals surface area contributed by atoms with Gasteiger partial charge in [0.1, 0.15) is 0 Å². The molecule has 0 saturated carbocycles. The molecule has 1 heterocycles. The number of rotatable bonds is 6. The Balaban J connectivity index is 2.90. The molecule has 0 aromatic carbocycles. The van der Waals surface area contributed by atoms with Crippen molar-refractivity contribution in [1.82, 2.24) is 9.97 Å². The number of nitrogens with one attached hydrogen (secondary N) is 1. The van der Waals surface area contributed by atoms with Crippen molar-refractivity contribution >= 4 is 11.8 Å². The average molecular weight is 240 g/mol. The van der Waals surface area contributed by atoms with Crippen molar-refractivity contribution < 1.29 is 4.39 Å². The zero-order valence-corrected chi connectivity index (χ0v) is 11.0. The van der Waals surface area contributed by atoms with Gasteiger partial charge in [0.25, 0.3) is 0 Å². The number of aromatic nitrogens is 2. The van der Waals surface area contributed by atoms with Gasteiger partial charge in [-0.2, -0.15) is 4.98 Å². The molecule has 17 heavy (non-hydrogen) atoms. The van der Waals surface area contributed by atoms with Crippen molar-refractivity contribution in [2.75, 3.05) is 23.8 Å². The fourth-order valence-corrected chi connectivity index (χ4v) is 1.67. The molecule has 0 aliphatic rings. The van der Waals surface area contributed by atoms with Crippen LogP contribution < -0.4 is 10.2 Å². The van der Waals surface area contributed by atoms with Crippen molar-refractivity contribution in [3.05, 3.63) is 12.0 Å². The Morgan fingerprint density at radius 2 is 2.18 bits per heavy atom. The molecule has 0 radical (unpaired) electrons. The van der Waals surface area contributed by atoms with Crippen LogP contribution in [-0.2, 0) is 0 Å². The van der Waals surface area contributed by atoms with E-state index in [4.69, 9.17) is 0 Å². The second kappa shape index (κ2) is 6.37. The van der Waals surface area contributed by atoms with Gasteiger partial charge in [-0.05, 0) is 20.3 Å². The van der Waals surface area contributed by atoms with Gasteiger partial charge in [0.15, 0.2) is 11.6 Å². The van der Waals surface area contributed by atoms with Crippen molar-refractivity contribution in [1.29, 1.82) is 0 Å². The van der Waals surface area contributed by atoms with Crippen molar-refractivity contribution in [3.8, 4) is 0 Å². The summed E-state index contributed by atoms with van der Waals surface area (Å²) >= 11 is 0. The quantitative estimate of drug-likeness (QED) is 0.830. The first kappa shape index (κ1) is 13.7. The van der Waals surface area contributed by atoms with Crippen molar-refractivity contribution in [2.45, 2.75) is 39.7 Å². The Hall–Kier alpha value is -1.39. The van der Waals surface area contributed by atoms with Crippen LogP contribution in [0.4, 0.5) is 16.2 Å². The van der Waals surface area contributed by atoms with Crippen LogP contribution in [-0.4, -0.2) is 29.6 Å². The summed E-state index contributed by atoms with van der Waals surface area (Å²) in [6.45, 7) is 6.86. The molecular weight excluding hydrogens is 219 g/mol. The van der Waals surface area contributed by atoms with Gasteiger partial charge in [-0.25, -0.2) is 9.37 Å². The van der Waals surface area contributed by atoms with Gasteiger partial charge in [0.2, 0.25) is 5.95 Å². The lowest BCUT2D eigenvalue weighted by atomic mass is 10.2. The zero-order chi connectivity index (χ0) is 12.8. The summed E-state index contributed by atoms with van der Waals surface area (Å²) < 4.78 is 13.7. The summed E-state index contributed by atoms with van der Waals surface area (Å²) in [5.74, 6) is 0.452. The second-order valence-electron chi connectivity index (χ2n) is 4.14. The van der Waals surface area contributed by atoms with E-state index >= 15 is 0 Å². The molecule has 96 valence electrons. The summed E-state index contributed by atoms with van der Waals surface area (Å²) in [6.07, 6.45) is 3.30. The van der Waals surface area contributed by atoms with E-state index in [1.807, 2.05) is 18.9 Å². The third-order valence-electron chi connectivity index (χ3n) is 2.76. The van der Waals surface area contributed by atoms with Gasteiger partial charge in [0.05, 0.1) is 6.20 Å². The SMILES string of the molecule is CCCC(C)N(C)c1nc(NCC)ncc1F. The maximum atomic E-state index is 13.7. The normalized spacial score (nSPS) is 12.3. The van der Waals surface area contributed by atoms with Crippen molar-refractivity contribution in [3.63, 3.8) is 0 Å². The standard InChI is InChI=1S/C12H21FN4/c1-5-7-9(3)17(4)11-10(13)8-15-12(16-11)14-6-2/h8-9H,5-7H2,1-4H3,(H,14,15,16). The smallest absolute Gasteiger partial charge is 0.224 e. The van der Waals surface area contributed by atoms with Crippen LogP contribution in [0.25, 0.3) is 0 Å². The third-order valence-corrected chi connectivity index (χ3v) is 2.76. The molecule has 0 amide bonds. The van der Waals surface area contributed by atoms with Crippen LogP contribution in [0, 0.1) is 5.82 Å². The van der Waals surface area contributed by atoms with Crippen molar-refractivity contribution in [2.24, 2.45) is 0 Å². The molecule has 1 atom stereocenters. The molecule has 0 aliphatic heterocycles. The molecule has 0 bridgehead atoms. The van der Waals surface area contributed by atoms with E-state index in [1.165, 1.54) is 6.20 Å². The van der Waals surface area contributed by atoms with E-state index in [-0.39, 0.29) is 11.9 Å². The predicted octanol–water partition coefficient (Wildman–Crippen LogP) is 2.67. The topological polar surface area (TPSA) is 41.1 Å². The Bertz CT molecular complexity index is 356. The second-order valence-corrected chi connectivity index (χ2v) is 4.14. The fraction of sp³-hybridized carbons (Fsp3) is 0.667.